The van der Waals surface area contributed by atoms with Gasteiger partial charge < -0.3 is 0 Å². The van der Waals surface area contributed by atoms with Gasteiger partial charge in [-0.3, -0.25) is 0 Å². The number of rotatable bonds is 2. The molecule has 0 spiro atoms. The molecule has 74 valence electrons. The van der Waals surface area contributed by atoms with E-state index < -0.39 is 0 Å². The quantitative estimate of drug-likeness (QED) is 0.560. The number of hydrogen-bond donors (Lipinski definition) is 0. The van der Waals surface area contributed by atoms with Gasteiger partial charge in [0.15, 0.2) is 0 Å². The zero-order chi connectivity index (χ0) is 9.26. The average Bonchev–Trinajstić information content (AvgIpc) is 2.72. The van der Waals surface area contributed by atoms with Gasteiger partial charge in [0, 0.05) is 0 Å². The van der Waals surface area contributed by atoms with Gasteiger partial charge in [0.2, 0.25) is 0 Å². The molecular weight excluding hydrogens is 156 g/mol. The molecule has 0 saturated heterocycles. The van der Waals surface area contributed by atoms with Gasteiger partial charge in [-0.15, -0.1) is 0 Å². The monoisotopic (exact) mass is 178 g/mol. The van der Waals surface area contributed by atoms with Crippen LogP contribution in [0.3, 0.4) is 0 Å². The summed E-state index contributed by atoms with van der Waals surface area (Å²) in [5.41, 5.74) is 0. The van der Waals surface area contributed by atoms with E-state index >= 15 is 0 Å². The van der Waals surface area contributed by atoms with Crippen LogP contribution in [0, 0.1) is 23.7 Å². The Morgan fingerprint density at radius 3 is 2.62 bits per heavy atom. The molecule has 0 heterocycles. The van der Waals surface area contributed by atoms with Gasteiger partial charge in [0.05, 0.1) is 0 Å². The third-order valence-electron chi connectivity index (χ3n) is 4.41. The fraction of sp³-hybridized carbons (Fsp3) is 0.846. The lowest BCUT2D eigenvalue weighted by Crippen LogP contribution is -2.17. The smallest absolute Gasteiger partial charge is 0.0200 e. The van der Waals surface area contributed by atoms with Crippen molar-refractivity contribution in [2.24, 2.45) is 23.7 Å². The molecule has 0 nitrogen and oxygen atoms in total. The Hall–Kier alpha value is -0.260. The van der Waals surface area contributed by atoms with Crippen molar-refractivity contribution in [1.29, 1.82) is 0 Å². The number of allylic oxidation sites excluding steroid dienone is 2. The summed E-state index contributed by atoms with van der Waals surface area (Å²) in [5.74, 6) is 3.96. The first-order valence-corrected chi connectivity index (χ1v) is 5.99. The molecule has 0 bridgehead atoms. The van der Waals surface area contributed by atoms with Crippen molar-refractivity contribution in [2.45, 2.75) is 46.0 Å². The van der Waals surface area contributed by atoms with Crippen LogP contribution in [0.1, 0.15) is 46.0 Å². The van der Waals surface area contributed by atoms with Crippen molar-refractivity contribution in [3.63, 3.8) is 0 Å². The van der Waals surface area contributed by atoms with Gasteiger partial charge in [0.1, 0.15) is 0 Å². The molecule has 2 rings (SSSR count). The van der Waals surface area contributed by atoms with E-state index in [9.17, 15) is 0 Å². The second-order valence-corrected chi connectivity index (χ2v) is 4.94. The Morgan fingerprint density at radius 1 is 1.23 bits per heavy atom. The van der Waals surface area contributed by atoms with Crippen molar-refractivity contribution >= 4 is 0 Å². The van der Waals surface area contributed by atoms with Crippen LogP contribution in [-0.4, -0.2) is 0 Å². The third-order valence-corrected chi connectivity index (χ3v) is 4.41. The van der Waals surface area contributed by atoms with E-state index in [1.54, 1.807) is 0 Å². The highest BCUT2D eigenvalue weighted by molar-refractivity contribution is 5.01. The van der Waals surface area contributed by atoms with E-state index in [-0.39, 0.29) is 0 Å². The third kappa shape index (κ3) is 1.68. The van der Waals surface area contributed by atoms with Gasteiger partial charge >= 0.3 is 0 Å². The summed E-state index contributed by atoms with van der Waals surface area (Å²) >= 11 is 0. The molecule has 0 heteroatoms. The highest BCUT2D eigenvalue weighted by Crippen LogP contribution is 2.45. The van der Waals surface area contributed by atoms with Crippen LogP contribution in [-0.2, 0) is 0 Å². The molecule has 2 aliphatic rings. The van der Waals surface area contributed by atoms with E-state index in [1.807, 2.05) is 0 Å². The summed E-state index contributed by atoms with van der Waals surface area (Å²) in [4.78, 5) is 0. The lowest BCUT2D eigenvalue weighted by molar-refractivity contribution is 0.273. The molecule has 0 radical (unpaired) electrons. The van der Waals surface area contributed by atoms with Gasteiger partial charge in [-0.25, -0.2) is 0 Å². The summed E-state index contributed by atoms with van der Waals surface area (Å²) in [6.07, 6.45) is 12.0. The average molecular weight is 178 g/mol. The summed E-state index contributed by atoms with van der Waals surface area (Å²) in [6, 6.07) is 0. The standard InChI is InChI=1S/C13H22/c1-3-11-8-9-13(10(11)2)12-6-4-5-7-12/h4,6,10-13H,3,5,7-9H2,1-2H3. The first kappa shape index (κ1) is 9.30. The first-order chi connectivity index (χ1) is 6.33. The van der Waals surface area contributed by atoms with Crippen LogP contribution in [0.4, 0.5) is 0 Å². The zero-order valence-electron chi connectivity index (χ0n) is 9.00. The van der Waals surface area contributed by atoms with Gasteiger partial charge in [-0.05, 0) is 49.4 Å². The second-order valence-electron chi connectivity index (χ2n) is 4.94. The van der Waals surface area contributed by atoms with Gasteiger partial charge in [-0.1, -0.05) is 32.4 Å². The van der Waals surface area contributed by atoms with Crippen molar-refractivity contribution in [1.82, 2.24) is 0 Å². The summed E-state index contributed by atoms with van der Waals surface area (Å²) in [6.45, 7) is 4.84. The van der Waals surface area contributed by atoms with Crippen LogP contribution in [0.15, 0.2) is 12.2 Å². The van der Waals surface area contributed by atoms with Crippen LogP contribution in [0.2, 0.25) is 0 Å². The molecule has 1 saturated carbocycles. The van der Waals surface area contributed by atoms with Crippen molar-refractivity contribution in [2.75, 3.05) is 0 Å². The Morgan fingerprint density at radius 2 is 2.08 bits per heavy atom. The molecule has 1 fully saturated rings. The molecule has 4 unspecified atom stereocenters. The molecule has 4 atom stereocenters. The van der Waals surface area contributed by atoms with Gasteiger partial charge in [-0.2, -0.15) is 0 Å². The lowest BCUT2D eigenvalue weighted by Gasteiger charge is -2.24. The Labute approximate surface area is 82.4 Å². The summed E-state index contributed by atoms with van der Waals surface area (Å²) in [5, 5.41) is 0. The Bertz CT molecular complexity index is 192. The van der Waals surface area contributed by atoms with Crippen LogP contribution in [0.5, 0.6) is 0 Å². The minimum absolute atomic E-state index is 0.937. The predicted octanol–water partition coefficient (Wildman–Crippen LogP) is 4.02. The molecule has 0 amide bonds. The second kappa shape index (κ2) is 3.86. The molecule has 0 aromatic carbocycles. The van der Waals surface area contributed by atoms with E-state index in [4.69, 9.17) is 0 Å². The van der Waals surface area contributed by atoms with Gasteiger partial charge in [0.25, 0.3) is 0 Å². The largest absolute Gasteiger partial charge is 0.0882 e. The highest BCUT2D eigenvalue weighted by Gasteiger charge is 2.35. The fourth-order valence-corrected chi connectivity index (χ4v) is 3.47. The SMILES string of the molecule is CCC1CCC(C2C=CCC2)C1C. The maximum atomic E-state index is 2.49. The molecule has 0 N–H and O–H groups in total. The molecular formula is C13H22. The van der Waals surface area contributed by atoms with Crippen molar-refractivity contribution < 1.29 is 0 Å². The first-order valence-electron chi connectivity index (χ1n) is 5.99. The molecule has 0 aliphatic heterocycles. The number of hydrogen-bond acceptors (Lipinski definition) is 0. The topological polar surface area (TPSA) is 0 Å². The van der Waals surface area contributed by atoms with Crippen molar-refractivity contribution in [3.05, 3.63) is 12.2 Å². The molecule has 13 heavy (non-hydrogen) atoms. The predicted molar refractivity (Wildman–Crippen MR) is 57.5 cm³/mol. The van der Waals surface area contributed by atoms with Crippen LogP contribution < -0.4 is 0 Å². The zero-order valence-corrected chi connectivity index (χ0v) is 9.00. The molecule has 2 aliphatic carbocycles. The van der Waals surface area contributed by atoms with E-state index in [2.05, 4.69) is 26.0 Å². The molecule has 0 aromatic heterocycles. The Balaban J connectivity index is 1.97. The van der Waals surface area contributed by atoms with E-state index in [0.29, 0.717) is 0 Å². The summed E-state index contributed by atoms with van der Waals surface area (Å²) < 4.78 is 0. The van der Waals surface area contributed by atoms with E-state index in [1.165, 1.54) is 32.1 Å². The normalized spacial score (nSPS) is 44.5. The maximum Gasteiger partial charge on any atom is -0.0200 e. The van der Waals surface area contributed by atoms with Crippen LogP contribution in [0.25, 0.3) is 0 Å². The maximum absolute atomic E-state index is 2.49. The van der Waals surface area contributed by atoms with Crippen molar-refractivity contribution in [3.8, 4) is 0 Å². The highest BCUT2D eigenvalue weighted by atomic mass is 14.4. The van der Waals surface area contributed by atoms with E-state index in [0.717, 1.165) is 23.7 Å². The minimum Gasteiger partial charge on any atom is -0.0882 e. The molecule has 0 aromatic rings. The van der Waals surface area contributed by atoms with Crippen LogP contribution >= 0.6 is 0 Å². The fourth-order valence-electron chi connectivity index (χ4n) is 3.47. The minimum atomic E-state index is 0.937. The summed E-state index contributed by atoms with van der Waals surface area (Å²) in [7, 11) is 0. The lowest BCUT2D eigenvalue weighted by atomic mass is 9.81. The Kier molecular flexibility index (Phi) is 2.76.